The smallest absolute Gasteiger partial charge is 0.407 e. The van der Waals surface area contributed by atoms with E-state index in [0.717, 1.165) is 28.7 Å². The number of carbonyl (C=O) groups is 3. The van der Waals surface area contributed by atoms with Gasteiger partial charge >= 0.3 is 12.1 Å². The molecule has 34 heavy (non-hydrogen) atoms. The summed E-state index contributed by atoms with van der Waals surface area (Å²) in [5, 5.41) is 23.7. The van der Waals surface area contributed by atoms with Gasteiger partial charge in [-0.25, -0.2) is 9.59 Å². The van der Waals surface area contributed by atoms with Crippen molar-refractivity contribution < 1.29 is 29.3 Å². The third-order valence-corrected chi connectivity index (χ3v) is 7.13. The molecule has 0 radical (unpaired) electrons. The molecule has 0 saturated heterocycles. The molecular weight excluding hydrogens is 436 g/mol. The number of aliphatic hydroxyl groups is 1. The van der Waals surface area contributed by atoms with Gasteiger partial charge in [-0.05, 0) is 42.0 Å². The number of carboxylic acids is 1. The molecule has 4 N–H and O–H groups in total. The van der Waals surface area contributed by atoms with Crippen molar-refractivity contribution in [3.8, 4) is 11.1 Å². The highest BCUT2D eigenvalue weighted by Gasteiger charge is 2.47. The number of benzene rings is 2. The van der Waals surface area contributed by atoms with Crippen LogP contribution >= 0.6 is 0 Å². The van der Waals surface area contributed by atoms with E-state index in [2.05, 4.69) is 22.8 Å². The topological polar surface area (TPSA) is 125 Å². The van der Waals surface area contributed by atoms with Crippen molar-refractivity contribution in [1.29, 1.82) is 0 Å². The molecule has 0 heterocycles. The molecule has 4 rings (SSSR count). The Morgan fingerprint density at radius 1 is 1.09 bits per heavy atom. The van der Waals surface area contributed by atoms with E-state index in [0.29, 0.717) is 12.8 Å². The molecule has 0 bridgehead atoms. The summed E-state index contributed by atoms with van der Waals surface area (Å²) in [6.45, 7) is 1.55. The quantitative estimate of drug-likeness (QED) is 0.474. The van der Waals surface area contributed by atoms with E-state index in [1.54, 1.807) is 6.92 Å². The standard InChI is InChI=1S/C26H30N2O6/c1-26(24(32)27-21(12-14-29)23(30)31)13-6-11-22(26)28-25(33)34-15-20-18-9-4-2-7-16(18)17-8-3-5-10-19(17)20/h2-5,7-10,20-22,29H,6,11-15H2,1H3,(H,27,32)(H,28,33)(H,30,31)/t21-,22?,26?/m1/s1. The molecule has 0 spiro atoms. The van der Waals surface area contributed by atoms with E-state index in [4.69, 9.17) is 9.84 Å². The van der Waals surface area contributed by atoms with Crippen LogP contribution in [0.4, 0.5) is 4.79 Å². The Morgan fingerprint density at radius 2 is 1.71 bits per heavy atom. The van der Waals surface area contributed by atoms with Crippen LogP contribution in [0.1, 0.15) is 49.7 Å². The number of nitrogens with one attached hydrogen (secondary N) is 2. The summed E-state index contributed by atoms with van der Waals surface area (Å²) in [7, 11) is 0. The van der Waals surface area contributed by atoms with Gasteiger partial charge in [0, 0.05) is 25.0 Å². The second-order valence-corrected chi connectivity index (χ2v) is 9.21. The molecule has 3 atom stereocenters. The summed E-state index contributed by atoms with van der Waals surface area (Å²) in [4.78, 5) is 37.0. The molecule has 1 saturated carbocycles. The van der Waals surface area contributed by atoms with Crippen LogP contribution in [0.2, 0.25) is 0 Å². The fourth-order valence-electron chi connectivity index (χ4n) is 5.16. The molecule has 2 aliphatic carbocycles. The Morgan fingerprint density at radius 3 is 2.29 bits per heavy atom. The molecule has 2 aliphatic rings. The van der Waals surface area contributed by atoms with E-state index >= 15 is 0 Å². The highest BCUT2D eigenvalue weighted by Crippen LogP contribution is 2.44. The Balaban J connectivity index is 1.40. The molecule has 1 fully saturated rings. The third kappa shape index (κ3) is 4.50. The summed E-state index contributed by atoms with van der Waals surface area (Å²) in [6.07, 6.45) is 1.14. The van der Waals surface area contributed by atoms with Gasteiger partial charge in [0.15, 0.2) is 0 Å². The largest absolute Gasteiger partial charge is 0.480 e. The molecule has 8 heteroatoms. The predicted octanol–water partition coefficient (Wildman–Crippen LogP) is 3.04. The minimum Gasteiger partial charge on any atom is -0.480 e. The molecule has 2 amide bonds. The first kappa shape index (κ1) is 23.8. The Bertz CT molecular complexity index is 1040. The third-order valence-electron chi connectivity index (χ3n) is 7.13. The van der Waals surface area contributed by atoms with Gasteiger partial charge in [-0.3, -0.25) is 4.79 Å². The van der Waals surface area contributed by atoms with Crippen molar-refractivity contribution in [3.63, 3.8) is 0 Å². The van der Waals surface area contributed by atoms with Crippen molar-refractivity contribution in [2.45, 2.75) is 50.6 Å². The molecule has 180 valence electrons. The number of carbonyl (C=O) groups excluding carboxylic acids is 2. The van der Waals surface area contributed by atoms with Gasteiger partial charge in [0.1, 0.15) is 12.6 Å². The van der Waals surface area contributed by atoms with E-state index in [1.165, 1.54) is 0 Å². The predicted molar refractivity (Wildman–Crippen MR) is 125 cm³/mol. The van der Waals surface area contributed by atoms with Gasteiger partial charge in [-0.2, -0.15) is 0 Å². The fraction of sp³-hybridized carbons (Fsp3) is 0.423. The highest BCUT2D eigenvalue weighted by molar-refractivity contribution is 5.88. The number of alkyl carbamates (subject to hydrolysis) is 1. The van der Waals surface area contributed by atoms with Gasteiger partial charge in [0.25, 0.3) is 0 Å². The van der Waals surface area contributed by atoms with Crippen LogP contribution in [0.5, 0.6) is 0 Å². The lowest BCUT2D eigenvalue weighted by atomic mass is 9.83. The van der Waals surface area contributed by atoms with Gasteiger partial charge in [-0.1, -0.05) is 55.0 Å². The summed E-state index contributed by atoms with van der Waals surface area (Å²) < 4.78 is 5.62. The molecule has 0 aliphatic heterocycles. The molecule has 2 aromatic rings. The Kier molecular flexibility index (Phi) is 6.88. The lowest BCUT2D eigenvalue weighted by molar-refractivity contribution is -0.144. The van der Waals surface area contributed by atoms with Crippen LogP contribution in [-0.4, -0.2) is 53.5 Å². The number of rotatable bonds is 8. The maximum absolute atomic E-state index is 12.9. The lowest BCUT2D eigenvalue weighted by Gasteiger charge is -2.31. The average Bonchev–Trinajstić information content (AvgIpc) is 3.36. The second kappa shape index (κ2) is 9.85. The maximum atomic E-state index is 12.9. The van der Waals surface area contributed by atoms with Gasteiger partial charge < -0.3 is 25.6 Å². The summed E-state index contributed by atoms with van der Waals surface area (Å²) >= 11 is 0. The van der Waals surface area contributed by atoms with Crippen molar-refractivity contribution in [3.05, 3.63) is 59.7 Å². The van der Waals surface area contributed by atoms with Crippen LogP contribution in [0.3, 0.4) is 0 Å². The first-order chi connectivity index (χ1) is 16.3. The van der Waals surface area contributed by atoms with Crippen molar-refractivity contribution in [2.24, 2.45) is 5.41 Å². The maximum Gasteiger partial charge on any atom is 0.407 e. The van der Waals surface area contributed by atoms with Crippen LogP contribution in [-0.2, 0) is 14.3 Å². The summed E-state index contributed by atoms with van der Waals surface area (Å²) in [5.74, 6) is -1.72. The van der Waals surface area contributed by atoms with E-state index < -0.39 is 35.5 Å². The summed E-state index contributed by atoms with van der Waals surface area (Å²) in [6, 6.07) is 14.5. The number of aliphatic carboxylic acids is 1. The minimum absolute atomic E-state index is 0.0637. The van der Waals surface area contributed by atoms with Crippen LogP contribution < -0.4 is 10.6 Å². The number of carboxylic acid groups (broad SMARTS) is 1. The molecule has 8 nitrogen and oxygen atoms in total. The fourth-order valence-corrected chi connectivity index (χ4v) is 5.16. The van der Waals surface area contributed by atoms with E-state index in [9.17, 15) is 19.5 Å². The summed E-state index contributed by atoms with van der Waals surface area (Å²) in [5.41, 5.74) is 3.55. The van der Waals surface area contributed by atoms with Crippen LogP contribution in [0, 0.1) is 5.41 Å². The number of ether oxygens (including phenoxy) is 1. The number of amides is 2. The number of fused-ring (bicyclic) bond motifs is 3. The normalized spacial score (nSPS) is 21.9. The molecule has 0 aromatic heterocycles. The first-order valence-electron chi connectivity index (χ1n) is 11.6. The zero-order valence-corrected chi connectivity index (χ0v) is 19.1. The van der Waals surface area contributed by atoms with Gasteiger partial charge in [-0.15, -0.1) is 0 Å². The van der Waals surface area contributed by atoms with Gasteiger partial charge in [0.2, 0.25) is 5.91 Å². The average molecular weight is 467 g/mol. The number of hydrogen-bond acceptors (Lipinski definition) is 5. The Hall–Kier alpha value is -3.39. The monoisotopic (exact) mass is 466 g/mol. The zero-order chi connectivity index (χ0) is 24.3. The Labute approximate surface area is 198 Å². The SMILES string of the molecule is CC1(C(=O)N[C@H](CCO)C(=O)O)CCCC1NC(=O)OCC1c2ccccc2-c2ccccc21. The van der Waals surface area contributed by atoms with Crippen molar-refractivity contribution in [2.75, 3.05) is 13.2 Å². The molecule has 2 unspecified atom stereocenters. The highest BCUT2D eigenvalue weighted by atomic mass is 16.5. The second-order valence-electron chi connectivity index (χ2n) is 9.21. The number of hydrogen-bond donors (Lipinski definition) is 4. The van der Waals surface area contributed by atoms with Crippen LogP contribution in [0.15, 0.2) is 48.5 Å². The minimum atomic E-state index is -1.20. The van der Waals surface area contributed by atoms with E-state index in [-0.39, 0.29) is 25.6 Å². The zero-order valence-electron chi connectivity index (χ0n) is 19.1. The van der Waals surface area contributed by atoms with Crippen molar-refractivity contribution in [1.82, 2.24) is 10.6 Å². The lowest BCUT2D eigenvalue weighted by Crippen LogP contribution is -2.54. The van der Waals surface area contributed by atoms with Crippen LogP contribution in [0.25, 0.3) is 11.1 Å². The molecular formula is C26H30N2O6. The number of aliphatic hydroxyl groups excluding tert-OH is 1. The van der Waals surface area contributed by atoms with E-state index in [1.807, 2.05) is 36.4 Å². The van der Waals surface area contributed by atoms with Gasteiger partial charge in [0.05, 0.1) is 5.41 Å². The first-order valence-corrected chi connectivity index (χ1v) is 11.6. The molecule has 2 aromatic carbocycles. The van der Waals surface area contributed by atoms with Crippen molar-refractivity contribution >= 4 is 18.0 Å².